The number of aryl methyl sites for hydroxylation is 2. The molecule has 0 saturated heterocycles. The van der Waals surface area contributed by atoms with Crippen LogP contribution >= 0.6 is 0 Å². The van der Waals surface area contributed by atoms with Crippen LogP contribution < -0.4 is 9.64 Å². The molecule has 0 atom stereocenters. The number of methoxy groups -OCH3 is 1. The molecule has 16 heavy (non-hydrogen) atoms. The molecule has 1 aromatic carbocycles. The molecule has 3 nitrogen and oxygen atoms in total. The number of hydrogen-bond donors (Lipinski definition) is 0. The molecule has 0 aliphatic rings. The molecule has 0 bridgehead atoms. The second-order valence-corrected chi connectivity index (χ2v) is 4.24. The standard InChI is InChI=1S/C13H17NO2/c1-8-6-11(15-5)13-10(7-9(2)16-13)12(8)14(3)4/h6-7H,1-5H3. The summed E-state index contributed by atoms with van der Waals surface area (Å²) in [6.07, 6.45) is 0. The van der Waals surface area contributed by atoms with Gasteiger partial charge in [0.25, 0.3) is 0 Å². The summed E-state index contributed by atoms with van der Waals surface area (Å²) in [6.45, 7) is 4.04. The molecule has 2 rings (SSSR count). The first-order valence-electron chi connectivity index (χ1n) is 5.29. The number of anilines is 1. The highest BCUT2D eigenvalue weighted by molar-refractivity contribution is 5.97. The average molecular weight is 219 g/mol. The summed E-state index contributed by atoms with van der Waals surface area (Å²) >= 11 is 0. The van der Waals surface area contributed by atoms with Crippen molar-refractivity contribution in [3.63, 3.8) is 0 Å². The van der Waals surface area contributed by atoms with Gasteiger partial charge in [0.2, 0.25) is 0 Å². The van der Waals surface area contributed by atoms with Crippen molar-refractivity contribution in [1.29, 1.82) is 0 Å². The Morgan fingerprint density at radius 2 is 1.88 bits per heavy atom. The molecule has 0 aliphatic heterocycles. The Kier molecular flexibility index (Phi) is 2.54. The maximum Gasteiger partial charge on any atom is 0.178 e. The van der Waals surface area contributed by atoms with E-state index in [4.69, 9.17) is 9.15 Å². The Labute approximate surface area is 95.6 Å². The Morgan fingerprint density at radius 3 is 2.44 bits per heavy atom. The molecule has 3 heteroatoms. The topological polar surface area (TPSA) is 25.6 Å². The van der Waals surface area contributed by atoms with Crippen LogP contribution in [0.15, 0.2) is 16.5 Å². The molecular weight excluding hydrogens is 202 g/mol. The van der Waals surface area contributed by atoms with Gasteiger partial charge in [0.1, 0.15) is 5.76 Å². The number of benzene rings is 1. The summed E-state index contributed by atoms with van der Waals surface area (Å²) in [5, 5.41) is 1.11. The summed E-state index contributed by atoms with van der Waals surface area (Å²) in [7, 11) is 5.74. The SMILES string of the molecule is COc1cc(C)c(N(C)C)c2cc(C)oc12. The van der Waals surface area contributed by atoms with Crippen LogP contribution in [0, 0.1) is 13.8 Å². The highest BCUT2D eigenvalue weighted by atomic mass is 16.5. The van der Waals surface area contributed by atoms with Crippen molar-refractivity contribution in [2.24, 2.45) is 0 Å². The first-order valence-corrected chi connectivity index (χ1v) is 5.29. The fourth-order valence-corrected chi connectivity index (χ4v) is 2.16. The lowest BCUT2D eigenvalue weighted by atomic mass is 10.1. The second-order valence-electron chi connectivity index (χ2n) is 4.24. The average Bonchev–Trinajstić information content (AvgIpc) is 2.56. The lowest BCUT2D eigenvalue weighted by Gasteiger charge is -2.17. The van der Waals surface area contributed by atoms with Crippen LogP contribution in [0.5, 0.6) is 5.75 Å². The summed E-state index contributed by atoms with van der Waals surface area (Å²) in [6, 6.07) is 4.07. The van der Waals surface area contributed by atoms with E-state index in [0.29, 0.717) is 0 Å². The number of furan rings is 1. The van der Waals surface area contributed by atoms with E-state index in [1.165, 1.54) is 11.3 Å². The van der Waals surface area contributed by atoms with Crippen molar-refractivity contribution < 1.29 is 9.15 Å². The zero-order chi connectivity index (χ0) is 11.9. The molecule has 1 aromatic heterocycles. The fraction of sp³-hybridized carbons (Fsp3) is 0.385. The second kappa shape index (κ2) is 3.74. The van der Waals surface area contributed by atoms with Crippen molar-refractivity contribution >= 4 is 16.7 Å². The van der Waals surface area contributed by atoms with E-state index in [9.17, 15) is 0 Å². The Morgan fingerprint density at radius 1 is 1.19 bits per heavy atom. The molecule has 86 valence electrons. The van der Waals surface area contributed by atoms with E-state index in [0.717, 1.165) is 22.5 Å². The zero-order valence-electron chi connectivity index (χ0n) is 10.4. The maximum absolute atomic E-state index is 5.68. The van der Waals surface area contributed by atoms with Crippen LogP contribution in [0.25, 0.3) is 11.0 Å². The highest BCUT2D eigenvalue weighted by Gasteiger charge is 2.15. The predicted molar refractivity (Wildman–Crippen MR) is 66.6 cm³/mol. The minimum Gasteiger partial charge on any atom is -0.493 e. The van der Waals surface area contributed by atoms with Crippen LogP contribution in [0.4, 0.5) is 5.69 Å². The Bertz CT molecular complexity index is 526. The first-order chi connectivity index (χ1) is 7.54. The van der Waals surface area contributed by atoms with Crippen molar-refractivity contribution in [1.82, 2.24) is 0 Å². The summed E-state index contributed by atoms with van der Waals surface area (Å²) in [5.74, 6) is 1.70. The van der Waals surface area contributed by atoms with Gasteiger partial charge in [0.15, 0.2) is 11.3 Å². The van der Waals surface area contributed by atoms with Gasteiger partial charge in [-0.15, -0.1) is 0 Å². The van der Waals surface area contributed by atoms with Crippen LogP contribution in [0.3, 0.4) is 0 Å². The van der Waals surface area contributed by atoms with Crippen LogP contribution in [0.2, 0.25) is 0 Å². The normalized spacial score (nSPS) is 10.8. The molecule has 0 fully saturated rings. The molecule has 0 spiro atoms. The fourth-order valence-electron chi connectivity index (χ4n) is 2.16. The molecule has 0 saturated carbocycles. The highest BCUT2D eigenvalue weighted by Crippen LogP contribution is 2.37. The smallest absolute Gasteiger partial charge is 0.178 e. The molecule has 0 radical (unpaired) electrons. The molecule has 2 aromatic rings. The van der Waals surface area contributed by atoms with Crippen LogP contribution in [0.1, 0.15) is 11.3 Å². The zero-order valence-corrected chi connectivity index (χ0v) is 10.4. The monoisotopic (exact) mass is 219 g/mol. The van der Waals surface area contributed by atoms with E-state index in [1.807, 2.05) is 27.1 Å². The summed E-state index contributed by atoms with van der Waals surface area (Å²) < 4.78 is 11.0. The minimum atomic E-state index is 0.797. The van der Waals surface area contributed by atoms with Crippen molar-refractivity contribution in [2.45, 2.75) is 13.8 Å². The van der Waals surface area contributed by atoms with Gasteiger partial charge in [-0.3, -0.25) is 0 Å². The largest absolute Gasteiger partial charge is 0.493 e. The van der Waals surface area contributed by atoms with Crippen LogP contribution in [-0.2, 0) is 0 Å². The van der Waals surface area contributed by atoms with Gasteiger partial charge < -0.3 is 14.1 Å². The van der Waals surface area contributed by atoms with Gasteiger partial charge in [0.05, 0.1) is 12.8 Å². The van der Waals surface area contributed by atoms with Gasteiger partial charge in [-0.1, -0.05) is 0 Å². The Balaban J connectivity index is 2.85. The first kappa shape index (κ1) is 10.9. The quantitative estimate of drug-likeness (QED) is 0.776. The molecule has 0 unspecified atom stereocenters. The van der Waals surface area contributed by atoms with E-state index < -0.39 is 0 Å². The number of nitrogens with zero attached hydrogens (tertiary/aromatic N) is 1. The molecule has 0 N–H and O–H groups in total. The minimum absolute atomic E-state index is 0.797. The lowest BCUT2D eigenvalue weighted by molar-refractivity contribution is 0.408. The van der Waals surface area contributed by atoms with E-state index in [1.54, 1.807) is 7.11 Å². The van der Waals surface area contributed by atoms with Gasteiger partial charge in [-0.05, 0) is 31.5 Å². The molecule has 0 aliphatic carbocycles. The van der Waals surface area contributed by atoms with E-state index in [2.05, 4.69) is 17.9 Å². The van der Waals surface area contributed by atoms with E-state index in [-0.39, 0.29) is 0 Å². The van der Waals surface area contributed by atoms with Crippen molar-refractivity contribution in [2.75, 3.05) is 26.1 Å². The number of ether oxygens (including phenoxy) is 1. The van der Waals surface area contributed by atoms with Gasteiger partial charge in [-0.25, -0.2) is 0 Å². The van der Waals surface area contributed by atoms with Crippen molar-refractivity contribution in [3.8, 4) is 5.75 Å². The molecule has 0 amide bonds. The Hall–Kier alpha value is -1.64. The number of hydrogen-bond acceptors (Lipinski definition) is 3. The van der Waals surface area contributed by atoms with Crippen molar-refractivity contribution in [3.05, 3.63) is 23.5 Å². The summed E-state index contributed by atoms with van der Waals surface area (Å²) in [4.78, 5) is 2.10. The van der Waals surface area contributed by atoms with E-state index >= 15 is 0 Å². The van der Waals surface area contributed by atoms with Gasteiger partial charge in [-0.2, -0.15) is 0 Å². The van der Waals surface area contributed by atoms with Gasteiger partial charge >= 0.3 is 0 Å². The van der Waals surface area contributed by atoms with Crippen LogP contribution in [-0.4, -0.2) is 21.2 Å². The lowest BCUT2D eigenvalue weighted by Crippen LogP contribution is -2.10. The molecule has 1 heterocycles. The third-order valence-corrected chi connectivity index (χ3v) is 2.72. The third kappa shape index (κ3) is 1.52. The molecular formula is C13H17NO2. The van der Waals surface area contributed by atoms with Gasteiger partial charge in [0, 0.05) is 19.5 Å². The number of rotatable bonds is 2. The maximum atomic E-state index is 5.68. The number of fused-ring (bicyclic) bond motifs is 1. The predicted octanol–water partition coefficient (Wildman–Crippen LogP) is 3.12. The third-order valence-electron chi connectivity index (χ3n) is 2.72. The summed E-state index contributed by atoms with van der Waals surface area (Å²) in [5.41, 5.74) is 3.21.